The fourth-order valence-electron chi connectivity index (χ4n) is 5.28. The highest BCUT2D eigenvalue weighted by Gasteiger charge is 2.25. The number of anilines is 2. The van der Waals surface area contributed by atoms with Crippen molar-refractivity contribution in [1.82, 2.24) is 9.80 Å². The van der Waals surface area contributed by atoms with E-state index in [2.05, 4.69) is 45.0 Å². The highest BCUT2D eigenvalue weighted by molar-refractivity contribution is 6.33. The van der Waals surface area contributed by atoms with Crippen molar-refractivity contribution >= 4 is 28.9 Å². The zero-order valence-corrected chi connectivity index (χ0v) is 22.0. The van der Waals surface area contributed by atoms with Gasteiger partial charge in [-0.1, -0.05) is 48.0 Å². The molecule has 190 valence electrons. The maximum Gasteiger partial charge on any atom is 0.254 e. The molecule has 0 radical (unpaired) electrons. The monoisotopic (exact) mass is 513 g/mol. The van der Waals surface area contributed by atoms with Crippen LogP contribution in [0.4, 0.5) is 11.4 Å². The van der Waals surface area contributed by atoms with Crippen molar-refractivity contribution < 1.29 is 4.79 Å². The van der Waals surface area contributed by atoms with Crippen molar-refractivity contribution in [1.29, 1.82) is 5.26 Å². The molecular formula is C30H32ClN5O. The third-order valence-corrected chi connectivity index (χ3v) is 7.76. The number of piperazine rings is 2. The normalized spacial score (nSPS) is 16.5. The first-order valence-electron chi connectivity index (χ1n) is 12.9. The average Bonchev–Trinajstić information content (AvgIpc) is 2.94. The molecule has 2 aliphatic rings. The maximum atomic E-state index is 13.5. The summed E-state index contributed by atoms with van der Waals surface area (Å²) in [6.45, 7) is 9.34. The van der Waals surface area contributed by atoms with E-state index in [0.29, 0.717) is 18.7 Å². The quantitative estimate of drug-likeness (QED) is 0.490. The SMILES string of the molecule is Cc1ccc(CN2CCN(c3ccccc3Cl)CC2)cc1C(=O)N1CCN(c2ccccc2C#N)CC1. The molecular weight excluding hydrogens is 482 g/mol. The van der Waals surface area contributed by atoms with Crippen molar-refractivity contribution in [2.24, 2.45) is 0 Å². The lowest BCUT2D eigenvalue weighted by Crippen LogP contribution is -2.49. The number of nitriles is 1. The molecule has 0 atom stereocenters. The van der Waals surface area contributed by atoms with Crippen LogP contribution in [-0.2, 0) is 6.54 Å². The number of amides is 1. The zero-order valence-electron chi connectivity index (χ0n) is 21.2. The minimum atomic E-state index is 0.0936. The van der Waals surface area contributed by atoms with Crippen molar-refractivity contribution in [3.63, 3.8) is 0 Å². The second-order valence-electron chi connectivity index (χ2n) is 9.77. The minimum Gasteiger partial charge on any atom is -0.368 e. The standard InChI is InChI=1S/C30H32ClN5O/c1-23-10-11-24(22-33-12-14-35(15-13-33)29-9-5-3-7-27(29)31)20-26(23)30(37)36-18-16-34(17-19-36)28-8-4-2-6-25(28)21-32/h2-11,20H,12-19,22H2,1H3. The average molecular weight is 514 g/mol. The predicted octanol–water partition coefficient (Wildman–Crippen LogP) is 4.80. The Morgan fingerprint density at radius 2 is 1.46 bits per heavy atom. The van der Waals surface area contributed by atoms with E-state index in [1.165, 1.54) is 5.56 Å². The molecule has 0 bridgehead atoms. The Kier molecular flexibility index (Phi) is 7.64. The molecule has 3 aromatic rings. The number of aryl methyl sites for hydroxylation is 1. The molecule has 2 aliphatic heterocycles. The second-order valence-corrected chi connectivity index (χ2v) is 10.2. The number of para-hydroxylation sites is 2. The van der Waals surface area contributed by atoms with Crippen LogP contribution in [0.1, 0.15) is 27.0 Å². The summed E-state index contributed by atoms with van der Waals surface area (Å²) in [5.41, 5.74) is 5.70. The van der Waals surface area contributed by atoms with Gasteiger partial charge in [-0.3, -0.25) is 9.69 Å². The maximum absolute atomic E-state index is 13.5. The molecule has 0 N–H and O–H groups in total. The van der Waals surface area contributed by atoms with Gasteiger partial charge in [0.05, 0.1) is 22.0 Å². The molecule has 7 heteroatoms. The van der Waals surface area contributed by atoms with Crippen LogP contribution >= 0.6 is 11.6 Å². The molecule has 2 fully saturated rings. The first-order chi connectivity index (χ1) is 18.0. The van der Waals surface area contributed by atoms with Gasteiger partial charge in [-0.05, 0) is 48.4 Å². The third kappa shape index (κ3) is 5.58. The van der Waals surface area contributed by atoms with Crippen molar-refractivity contribution in [3.8, 4) is 6.07 Å². The summed E-state index contributed by atoms with van der Waals surface area (Å²) >= 11 is 6.40. The van der Waals surface area contributed by atoms with Gasteiger partial charge in [-0.2, -0.15) is 5.26 Å². The van der Waals surface area contributed by atoms with Crippen LogP contribution in [0.25, 0.3) is 0 Å². The van der Waals surface area contributed by atoms with E-state index < -0.39 is 0 Å². The summed E-state index contributed by atoms with van der Waals surface area (Å²) in [7, 11) is 0. The van der Waals surface area contributed by atoms with Crippen LogP contribution in [0.5, 0.6) is 0 Å². The Labute approximate surface area is 224 Å². The van der Waals surface area contributed by atoms with E-state index >= 15 is 0 Å². The highest BCUT2D eigenvalue weighted by Crippen LogP contribution is 2.27. The van der Waals surface area contributed by atoms with E-state index in [-0.39, 0.29) is 5.91 Å². The smallest absolute Gasteiger partial charge is 0.254 e. The summed E-state index contributed by atoms with van der Waals surface area (Å²) in [6.07, 6.45) is 0. The second kappa shape index (κ2) is 11.2. The number of carbonyl (C=O) groups excluding carboxylic acids is 1. The summed E-state index contributed by atoms with van der Waals surface area (Å²) in [5.74, 6) is 0.0936. The summed E-state index contributed by atoms with van der Waals surface area (Å²) in [5, 5.41) is 10.2. The number of halogens is 1. The van der Waals surface area contributed by atoms with Gasteiger partial charge in [-0.15, -0.1) is 0 Å². The summed E-state index contributed by atoms with van der Waals surface area (Å²) in [4.78, 5) is 22.4. The van der Waals surface area contributed by atoms with Gasteiger partial charge in [0.2, 0.25) is 0 Å². The van der Waals surface area contributed by atoms with Gasteiger partial charge in [0.1, 0.15) is 6.07 Å². The van der Waals surface area contributed by atoms with E-state index in [4.69, 9.17) is 11.6 Å². The lowest BCUT2D eigenvalue weighted by molar-refractivity contribution is 0.0746. The van der Waals surface area contributed by atoms with Crippen molar-refractivity contribution in [2.75, 3.05) is 62.2 Å². The summed E-state index contributed by atoms with van der Waals surface area (Å²) < 4.78 is 0. The van der Waals surface area contributed by atoms with E-state index in [1.54, 1.807) is 0 Å². The van der Waals surface area contributed by atoms with Crippen LogP contribution in [-0.4, -0.2) is 68.1 Å². The van der Waals surface area contributed by atoms with Crippen LogP contribution in [0.15, 0.2) is 66.7 Å². The third-order valence-electron chi connectivity index (χ3n) is 7.44. The highest BCUT2D eigenvalue weighted by atomic mass is 35.5. The van der Waals surface area contributed by atoms with Gasteiger partial charge < -0.3 is 14.7 Å². The van der Waals surface area contributed by atoms with E-state index in [1.807, 2.05) is 54.3 Å². The number of rotatable bonds is 5. The Hall–Kier alpha value is -3.53. The minimum absolute atomic E-state index is 0.0936. The van der Waals surface area contributed by atoms with Gasteiger partial charge in [0.25, 0.3) is 5.91 Å². The van der Waals surface area contributed by atoms with Crippen LogP contribution in [0.2, 0.25) is 5.02 Å². The van der Waals surface area contributed by atoms with Gasteiger partial charge in [0, 0.05) is 64.5 Å². The molecule has 0 spiro atoms. The molecule has 2 saturated heterocycles. The largest absolute Gasteiger partial charge is 0.368 e. The Morgan fingerprint density at radius 3 is 2.16 bits per heavy atom. The molecule has 2 heterocycles. The molecule has 1 amide bonds. The van der Waals surface area contributed by atoms with Crippen molar-refractivity contribution in [3.05, 3.63) is 94.0 Å². The molecule has 5 rings (SSSR count). The molecule has 0 saturated carbocycles. The molecule has 37 heavy (non-hydrogen) atoms. The fourth-order valence-corrected chi connectivity index (χ4v) is 5.53. The molecule has 0 aliphatic carbocycles. The molecule has 0 aromatic heterocycles. The van der Waals surface area contributed by atoms with Crippen LogP contribution in [0.3, 0.4) is 0 Å². The lowest BCUT2D eigenvalue weighted by atomic mass is 10.0. The first-order valence-corrected chi connectivity index (χ1v) is 13.3. The zero-order chi connectivity index (χ0) is 25.8. The number of hydrogen-bond donors (Lipinski definition) is 0. The number of hydrogen-bond acceptors (Lipinski definition) is 5. The van der Waals surface area contributed by atoms with E-state index in [0.717, 1.165) is 73.3 Å². The number of benzene rings is 3. The Morgan fingerprint density at radius 1 is 0.838 bits per heavy atom. The van der Waals surface area contributed by atoms with Gasteiger partial charge in [-0.25, -0.2) is 0 Å². The van der Waals surface area contributed by atoms with Crippen molar-refractivity contribution in [2.45, 2.75) is 13.5 Å². The fraction of sp³-hybridized carbons (Fsp3) is 0.333. The Balaban J connectivity index is 1.19. The Bertz CT molecular complexity index is 1300. The van der Waals surface area contributed by atoms with Crippen LogP contribution in [0, 0.1) is 18.3 Å². The topological polar surface area (TPSA) is 53.8 Å². The molecule has 0 unspecified atom stereocenters. The van der Waals surface area contributed by atoms with Gasteiger partial charge >= 0.3 is 0 Å². The first kappa shape index (κ1) is 25.1. The lowest BCUT2D eigenvalue weighted by Gasteiger charge is -2.37. The number of carbonyl (C=O) groups is 1. The predicted molar refractivity (Wildman–Crippen MR) is 149 cm³/mol. The van der Waals surface area contributed by atoms with Crippen LogP contribution < -0.4 is 9.80 Å². The number of nitrogens with zero attached hydrogens (tertiary/aromatic N) is 5. The van der Waals surface area contributed by atoms with E-state index in [9.17, 15) is 10.1 Å². The van der Waals surface area contributed by atoms with Gasteiger partial charge in [0.15, 0.2) is 0 Å². The molecule has 6 nitrogen and oxygen atoms in total. The molecule has 3 aromatic carbocycles. The summed E-state index contributed by atoms with van der Waals surface area (Å²) in [6, 6.07) is 24.3.